The maximum Gasteiger partial charge on any atom is 0.338 e. The summed E-state index contributed by atoms with van der Waals surface area (Å²) in [4.78, 5) is 13.6. The number of halogens is 2. The smallest absolute Gasteiger partial charge is 0.338 e. The maximum absolute atomic E-state index is 13.2. The van der Waals surface area contributed by atoms with Crippen LogP contribution in [0.3, 0.4) is 0 Å². The van der Waals surface area contributed by atoms with Gasteiger partial charge in [0.15, 0.2) is 0 Å². The van der Waals surface area contributed by atoms with Gasteiger partial charge in [0.1, 0.15) is 11.9 Å². The van der Waals surface area contributed by atoms with Crippen molar-refractivity contribution in [1.82, 2.24) is 0 Å². The molecule has 0 heterocycles. The largest absolute Gasteiger partial charge is 0.494 e. The Morgan fingerprint density at radius 3 is 2.42 bits per heavy atom. The van der Waals surface area contributed by atoms with E-state index in [1.54, 1.807) is 0 Å². The summed E-state index contributed by atoms with van der Waals surface area (Å²) < 4.78 is 11.9. The van der Waals surface area contributed by atoms with Gasteiger partial charge in [-0.2, -0.15) is 0 Å². The van der Waals surface area contributed by atoms with Gasteiger partial charge in [0, 0.05) is 15.6 Å². The molecule has 4 fully saturated rings. The molecule has 0 spiro atoms. The van der Waals surface area contributed by atoms with Crippen molar-refractivity contribution < 1.29 is 14.3 Å². The Labute approximate surface area is 279 Å². The highest BCUT2D eigenvalue weighted by Gasteiger charge is 2.67. The highest BCUT2D eigenvalue weighted by atomic mass is 79.9. The number of rotatable bonds is 11. The summed E-state index contributed by atoms with van der Waals surface area (Å²) in [6, 6.07) is 7.47. The van der Waals surface area contributed by atoms with Crippen molar-refractivity contribution in [2.24, 2.45) is 46.3 Å². The Bertz CT molecular complexity index is 1090. The molecule has 0 bridgehead atoms. The van der Waals surface area contributed by atoms with Crippen LogP contribution in [0.1, 0.15) is 135 Å². The van der Waals surface area contributed by atoms with Crippen LogP contribution in [0.15, 0.2) is 24.3 Å². The van der Waals surface area contributed by atoms with Crippen LogP contribution in [0.5, 0.6) is 5.75 Å². The molecule has 0 aliphatic heterocycles. The molecule has 242 valence electrons. The number of carbonyl (C=O) groups is 1. The van der Waals surface area contributed by atoms with Crippen LogP contribution in [-0.2, 0) is 4.74 Å². The van der Waals surface area contributed by atoms with Crippen LogP contribution in [0.2, 0.25) is 0 Å². The minimum Gasteiger partial charge on any atom is -0.494 e. The molecule has 0 N–H and O–H groups in total. The Morgan fingerprint density at radius 1 is 0.977 bits per heavy atom. The summed E-state index contributed by atoms with van der Waals surface area (Å²) in [5, 5.41) is 0. The summed E-state index contributed by atoms with van der Waals surface area (Å²) >= 11 is 8.65. The van der Waals surface area contributed by atoms with Crippen molar-refractivity contribution in [2.75, 3.05) is 6.61 Å². The number of alkyl halides is 2. The minimum absolute atomic E-state index is 0.0583. The van der Waals surface area contributed by atoms with Gasteiger partial charge in [-0.25, -0.2) is 4.79 Å². The van der Waals surface area contributed by atoms with Gasteiger partial charge in [-0.3, -0.25) is 0 Å². The van der Waals surface area contributed by atoms with Crippen molar-refractivity contribution in [1.29, 1.82) is 0 Å². The zero-order valence-electron chi connectivity index (χ0n) is 27.8. The Balaban J connectivity index is 1.23. The molecule has 1 aromatic carbocycles. The summed E-state index contributed by atoms with van der Waals surface area (Å²) in [6.07, 6.45) is 16.0. The normalized spacial score (nSPS) is 39.5. The number of esters is 1. The van der Waals surface area contributed by atoms with E-state index in [0.29, 0.717) is 22.4 Å². The molecule has 5 heteroatoms. The Hall–Kier alpha value is -0.550. The molecule has 10 atom stereocenters. The summed E-state index contributed by atoms with van der Waals surface area (Å²) in [7, 11) is 0. The molecule has 4 saturated carbocycles. The molecule has 0 saturated heterocycles. The van der Waals surface area contributed by atoms with Crippen LogP contribution in [0.25, 0.3) is 0 Å². The van der Waals surface area contributed by atoms with Crippen LogP contribution in [-0.4, -0.2) is 27.8 Å². The van der Waals surface area contributed by atoms with Crippen molar-refractivity contribution in [3.05, 3.63) is 29.8 Å². The van der Waals surface area contributed by atoms with E-state index in [0.717, 1.165) is 73.4 Å². The second-order valence-corrected chi connectivity index (χ2v) is 18.4. The van der Waals surface area contributed by atoms with Crippen LogP contribution in [0.4, 0.5) is 0 Å². The first-order chi connectivity index (χ1) is 20.4. The molecule has 3 nitrogen and oxygen atoms in total. The number of carbonyl (C=O) groups excluding carboxylic acids is 1. The molecule has 43 heavy (non-hydrogen) atoms. The molecule has 0 amide bonds. The number of benzene rings is 1. The van der Waals surface area contributed by atoms with Crippen molar-refractivity contribution in [2.45, 2.75) is 140 Å². The van der Waals surface area contributed by atoms with Crippen LogP contribution >= 0.6 is 31.9 Å². The predicted octanol–water partition coefficient (Wildman–Crippen LogP) is 11.4. The summed E-state index contributed by atoms with van der Waals surface area (Å²) in [5.74, 6) is 5.53. The third kappa shape index (κ3) is 6.52. The third-order valence-corrected chi connectivity index (χ3v) is 16.6. The lowest BCUT2D eigenvalue weighted by molar-refractivity contribution is -0.112. The van der Waals surface area contributed by atoms with Gasteiger partial charge >= 0.3 is 5.97 Å². The number of hydrogen-bond acceptors (Lipinski definition) is 3. The van der Waals surface area contributed by atoms with Gasteiger partial charge in [-0.15, -0.1) is 0 Å². The van der Waals surface area contributed by atoms with E-state index in [1.165, 1.54) is 51.4 Å². The molecular formula is C38H58Br2O3. The monoisotopic (exact) mass is 720 g/mol. The molecular weight excluding hydrogens is 664 g/mol. The summed E-state index contributed by atoms with van der Waals surface area (Å²) in [6.45, 7) is 15.4. The average molecular weight is 723 g/mol. The number of hydrogen-bond donors (Lipinski definition) is 0. The fraction of sp³-hybridized carbons (Fsp3) is 0.816. The number of fused-ring (bicyclic) bond motifs is 5. The molecule has 1 aromatic rings. The van der Waals surface area contributed by atoms with E-state index < -0.39 is 0 Å². The first-order valence-electron chi connectivity index (χ1n) is 17.7. The average Bonchev–Trinajstić information content (AvgIpc) is 3.32. The molecule has 0 aromatic heterocycles. The lowest BCUT2D eigenvalue weighted by Gasteiger charge is -2.66. The van der Waals surface area contributed by atoms with E-state index in [-0.39, 0.29) is 21.8 Å². The van der Waals surface area contributed by atoms with Gasteiger partial charge in [0.2, 0.25) is 0 Å². The van der Waals surface area contributed by atoms with Crippen molar-refractivity contribution >= 4 is 37.8 Å². The number of unbranched alkanes of at least 4 members (excludes halogenated alkanes) is 1. The second kappa shape index (κ2) is 13.7. The molecule has 0 radical (unpaired) electrons. The van der Waals surface area contributed by atoms with Gasteiger partial charge < -0.3 is 9.47 Å². The minimum atomic E-state index is -0.211. The van der Waals surface area contributed by atoms with E-state index in [4.69, 9.17) is 9.47 Å². The Morgan fingerprint density at radius 2 is 1.72 bits per heavy atom. The summed E-state index contributed by atoms with van der Waals surface area (Å²) in [5.41, 5.74) is 1.31. The second-order valence-electron chi connectivity index (χ2n) is 15.9. The quantitative estimate of drug-likeness (QED) is 0.130. The van der Waals surface area contributed by atoms with Crippen molar-refractivity contribution in [3.8, 4) is 5.75 Å². The molecule has 4 aliphatic rings. The zero-order chi connectivity index (χ0) is 31.0. The molecule has 0 unspecified atom stereocenters. The van der Waals surface area contributed by atoms with Gasteiger partial charge in [-0.05, 0) is 122 Å². The van der Waals surface area contributed by atoms with E-state index in [9.17, 15) is 4.79 Å². The highest BCUT2D eigenvalue weighted by molar-refractivity contribution is 9.12. The SMILES string of the molecule is CCCCOc1ccc(C(=O)O[C@H]2CC[C@]3(C)[C@@H]4CC[C@@]5(C)[C@H](CC[C@H]5[C@@H](C)CCCC(C)C)[C@H]4C[C@H](Br)[C@@]3(Br)C2)cc1. The molecule has 4 aliphatic carbocycles. The van der Waals surface area contributed by atoms with E-state index in [2.05, 4.69) is 73.4 Å². The lowest BCUT2D eigenvalue weighted by Crippen LogP contribution is -2.64. The Kier molecular flexibility index (Phi) is 10.7. The zero-order valence-corrected chi connectivity index (χ0v) is 31.0. The third-order valence-electron chi connectivity index (χ3n) is 13.0. The van der Waals surface area contributed by atoms with Gasteiger partial charge in [-0.1, -0.05) is 99.1 Å². The topological polar surface area (TPSA) is 35.5 Å². The van der Waals surface area contributed by atoms with Crippen LogP contribution in [0, 0.1) is 46.3 Å². The van der Waals surface area contributed by atoms with E-state index >= 15 is 0 Å². The highest BCUT2D eigenvalue weighted by Crippen LogP contribution is 2.71. The lowest BCUT2D eigenvalue weighted by atomic mass is 9.44. The van der Waals surface area contributed by atoms with Gasteiger partial charge in [0.25, 0.3) is 0 Å². The van der Waals surface area contributed by atoms with Crippen molar-refractivity contribution in [3.63, 3.8) is 0 Å². The fourth-order valence-corrected chi connectivity index (χ4v) is 12.7. The van der Waals surface area contributed by atoms with Crippen LogP contribution < -0.4 is 4.74 Å². The van der Waals surface area contributed by atoms with E-state index in [1.807, 2.05) is 24.3 Å². The molecule has 5 rings (SSSR count). The first kappa shape index (κ1) is 33.8. The maximum atomic E-state index is 13.2. The predicted molar refractivity (Wildman–Crippen MR) is 185 cm³/mol. The first-order valence-corrected chi connectivity index (χ1v) is 19.4. The standard InChI is InChI=1S/C38H58Br2O3/c1-7-8-22-42-28-14-12-27(13-15-28)35(41)43-29-18-21-37(6)33-19-20-36(5)31(26(4)11-9-10-25(2)3)16-17-32(36)30(33)23-34(39)38(37,40)24-29/h12-15,25-26,29-34H,7-11,16-24H2,1-6H3/t26-,29-,30+,31-,32+,33+,34-,36+,37+,38-/m0/s1. The van der Waals surface area contributed by atoms with Gasteiger partial charge in [0.05, 0.1) is 12.2 Å². The number of ether oxygens (including phenoxy) is 2. The fourth-order valence-electron chi connectivity index (χ4n) is 10.5.